The van der Waals surface area contributed by atoms with E-state index in [1.807, 2.05) is 45.0 Å². The largest absolute Gasteiger partial charge is 0.481 e. The highest BCUT2D eigenvalue weighted by atomic mass is 16.6. The smallest absolute Gasteiger partial charge is 0.411 e. The summed E-state index contributed by atoms with van der Waals surface area (Å²) in [5.74, 6) is -1.55. The van der Waals surface area contributed by atoms with Crippen molar-refractivity contribution in [2.75, 3.05) is 11.4 Å². The van der Waals surface area contributed by atoms with Gasteiger partial charge in [0.1, 0.15) is 11.6 Å². The van der Waals surface area contributed by atoms with Crippen LogP contribution in [0.5, 0.6) is 0 Å². The molecule has 0 aromatic heterocycles. The predicted octanol–water partition coefficient (Wildman–Crippen LogP) is 3.66. The van der Waals surface area contributed by atoms with Crippen LogP contribution in [0.1, 0.15) is 53.5 Å². The predicted molar refractivity (Wildman–Crippen MR) is 106 cm³/mol. The lowest BCUT2D eigenvalue weighted by Crippen LogP contribution is -2.52. The molecule has 0 radical (unpaired) electrons. The maximum absolute atomic E-state index is 13.4. The molecule has 0 aliphatic carbocycles. The SMILES string of the molecule is CC(C)(C)CN1C(=O)C(CC(=O)O)N(C(=O)OC(C)(C)C)Cc2ccccc21. The Morgan fingerprint density at radius 1 is 1.14 bits per heavy atom. The zero-order valence-corrected chi connectivity index (χ0v) is 17.5. The van der Waals surface area contributed by atoms with Gasteiger partial charge in [0.05, 0.1) is 13.0 Å². The number of anilines is 1. The quantitative estimate of drug-likeness (QED) is 0.851. The second-order valence-electron chi connectivity index (χ2n) is 9.34. The van der Waals surface area contributed by atoms with Gasteiger partial charge in [-0.25, -0.2) is 4.79 Å². The fourth-order valence-corrected chi connectivity index (χ4v) is 3.15. The number of aliphatic carboxylic acids is 1. The average molecular weight is 390 g/mol. The lowest BCUT2D eigenvalue weighted by atomic mass is 9.95. The first kappa shape index (κ1) is 21.7. The monoisotopic (exact) mass is 390 g/mol. The molecule has 0 saturated heterocycles. The molecule has 154 valence electrons. The van der Waals surface area contributed by atoms with Crippen molar-refractivity contribution in [3.63, 3.8) is 0 Å². The number of carboxylic acid groups (broad SMARTS) is 1. The molecule has 2 amide bonds. The summed E-state index contributed by atoms with van der Waals surface area (Å²) >= 11 is 0. The van der Waals surface area contributed by atoms with Crippen molar-refractivity contribution in [3.8, 4) is 0 Å². The summed E-state index contributed by atoms with van der Waals surface area (Å²) in [5, 5.41) is 9.39. The van der Waals surface area contributed by atoms with Crippen molar-refractivity contribution < 1.29 is 24.2 Å². The number of fused-ring (bicyclic) bond motifs is 1. The highest BCUT2D eigenvalue weighted by Crippen LogP contribution is 2.32. The molecule has 1 aliphatic rings. The summed E-state index contributed by atoms with van der Waals surface area (Å²) in [4.78, 5) is 40.6. The van der Waals surface area contributed by atoms with E-state index in [4.69, 9.17) is 4.74 Å². The van der Waals surface area contributed by atoms with Crippen molar-refractivity contribution in [3.05, 3.63) is 29.8 Å². The Labute approximate surface area is 166 Å². The zero-order chi connectivity index (χ0) is 21.3. The van der Waals surface area contributed by atoms with Gasteiger partial charge in [-0.1, -0.05) is 39.0 Å². The molecular weight excluding hydrogens is 360 g/mol. The lowest BCUT2D eigenvalue weighted by Gasteiger charge is -2.34. The number of rotatable bonds is 3. The summed E-state index contributed by atoms with van der Waals surface area (Å²) < 4.78 is 5.47. The van der Waals surface area contributed by atoms with Crippen LogP contribution in [-0.2, 0) is 20.9 Å². The molecule has 1 aromatic rings. The topological polar surface area (TPSA) is 87.2 Å². The minimum Gasteiger partial charge on any atom is -0.481 e. The number of para-hydroxylation sites is 1. The first-order chi connectivity index (χ1) is 12.8. The van der Waals surface area contributed by atoms with Crippen molar-refractivity contribution in [1.29, 1.82) is 0 Å². The molecule has 0 saturated carbocycles. The van der Waals surface area contributed by atoms with E-state index in [0.29, 0.717) is 12.2 Å². The van der Waals surface area contributed by atoms with Gasteiger partial charge in [-0.3, -0.25) is 14.5 Å². The molecule has 0 bridgehead atoms. The van der Waals surface area contributed by atoms with Gasteiger partial charge in [-0.05, 0) is 37.8 Å². The van der Waals surface area contributed by atoms with Crippen molar-refractivity contribution in [2.45, 2.75) is 66.2 Å². The highest BCUT2D eigenvalue weighted by molar-refractivity contribution is 6.02. The average Bonchev–Trinajstić information content (AvgIpc) is 2.62. The molecule has 1 heterocycles. The summed E-state index contributed by atoms with van der Waals surface area (Å²) in [6.45, 7) is 11.7. The number of carboxylic acids is 1. The van der Waals surface area contributed by atoms with Crippen molar-refractivity contribution >= 4 is 23.7 Å². The first-order valence-electron chi connectivity index (χ1n) is 9.39. The van der Waals surface area contributed by atoms with Crippen LogP contribution in [0.4, 0.5) is 10.5 Å². The Morgan fingerprint density at radius 2 is 1.75 bits per heavy atom. The summed E-state index contributed by atoms with van der Waals surface area (Å²) in [7, 11) is 0. The number of ether oxygens (including phenoxy) is 1. The number of carbonyl (C=O) groups is 3. The number of benzene rings is 1. The van der Waals surface area contributed by atoms with Gasteiger partial charge in [0.25, 0.3) is 5.91 Å². The second kappa shape index (κ2) is 7.81. The standard InChI is InChI=1S/C21H30N2O5/c1-20(2,3)13-23-15-10-8-7-9-14(15)12-22(19(27)28-21(4,5)6)16(18(23)26)11-17(24)25/h7-10,16H,11-13H2,1-6H3,(H,24,25). The van der Waals surface area contributed by atoms with Crippen molar-refractivity contribution in [2.24, 2.45) is 5.41 Å². The third-order valence-electron chi connectivity index (χ3n) is 4.18. The van der Waals surface area contributed by atoms with Crippen LogP contribution in [0.15, 0.2) is 24.3 Å². The third kappa shape index (κ3) is 5.47. The van der Waals surface area contributed by atoms with E-state index in [-0.39, 0.29) is 12.0 Å². The fourth-order valence-electron chi connectivity index (χ4n) is 3.15. The van der Waals surface area contributed by atoms with Gasteiger partial charge >= 0.3 is 12.1 Å². The maximum atomic E-state index is 13.4. The molecule has 1 aromatic carbocycles. The van der Waals surface area contributed by atoms with Crippen LogP contribution < -0.4 is 4.90 Å². The van der Waals surface area contributed by atoms with Gasteiger partial charge in [0.2, 0.25) is 0 Å². The van der Waals surface area contributed by atoms with E-state index in [1.165, 1.54) is 4.90 Å². The van der Waals surface area contributed by atoms with E-state index in [9.17, 15) is 19.5 Å². The van der Waals surface area contributed by atoms with E-state index in [0.717, 1.165) is 5.56 Å². The Morgan fingerprint density at radius 3 is 2.29 bits per heavy atom. The van der Waals surface area contributed by atoms with E-state index in [1.54, 1.807) is 25.7 Å². The molecular formula is C21H30N2O5. The van der Waals surface area contributed by atoms with Gasteiger partial charge in [0.15, 0.2) is 0 Å². The molecule has 1 aliphatic heterocycles. The molecule has 0 fully saturated rings. The number of hydrogen-bond donors (Lipinski definition) is 1. The normalized spacial score (nSPS) is 17.8. The summed E-state index contributed by atoms with van der Waals surface area (Å²) in [6.07, 6.45) is -1.17. The molecule has 0 spiro atoms. The maximum Gasteiger partial charge on any atom is 0.411 e. The van der Waals surface area contributed by atoms with Gasteiger partial charge in [-0.15, -0.1) is 0 Å². The molecule has 7 nitrogen and oxygen atoms in total. The number of amides is 2. The van der Waals surface area contributed by atoms with Crippen molar-refractivity contribution in [1.82, 2.24) is 4.90 Å². The van der Waals surface area contributed by atoms with Crippen LogP contribution >= 0.6 is 0 Å². The van der Waals surface area contributed by atoms with Crippen LogP contribution in [0.3, 0.4) is 0 Å². The summed E-state index contributed by atoms with van der Waals surface area (Å²) in [6, 6.07) is 6.20. The molecule has 7 heteroatoms. The van der Waals surface area contributed by atoms with Crippen LogP contribution in [0.2, 0.25) is 0 Å². The van der Waals surface area contributed by atoms with E-state index >= 15 is 0 Å². The number of hydrogen-bond acceptors (Lipinski definition) is 4. The first-order valence-corrected chi connectivity index (χ1v) is 9.39. The Bertz CT molecular complexity index is 761. The molecule has 2 rings (SSSR count). The number of carbonyl (C=O) groups excluding carboxylic acids is 2. The minimum atomic E-state index is -1.14. The van der Waals surface area contributed by atoms with Gasteiger partial charge in [0, 0.05) is 12.2 Å². The van der Waals surface area contributed by atoms with Crippen LogP contribution in [0.25, 0.3) is 0 Å². The molecule has 28 heavy (non-hydrogen) atoms. The Kier molecular flexibility index (Phi) is 6.06. The fraction of sp³-hybridized carbons (Fsp3) is 0.571. The third-order valence-corrected chi connectivity index (χ3v) is 4.18. The number of nitrogens with zero attached hydrogens (tertiary/aromatic N) is 2. The lowest BCUT2D eigenvalue weighted by molar-refractivity contribution is -0.141. The minimum absolute atomic E-state index is 0.107. The molecule has 1 N–H and O–H groups in total. The zero-order valence-electron chi connectivity index (χ0n) is 17.5. The molecule has 1 unspecified atom stereocenters. The second-order valence-corrected chi connectivity index (χ2v) is 9.34. The molecule has 1 atom stereocenters. The Hall–Kier alpha value is -2.57. The summed E-state index contributed by atoms with van der Waals surface area (Å²) in [5.41, 5.74) is 0.505. The van der Waals surface area contributed by atoms with E-state index < -0.39 is 36.0 Å². The van der Waals surface area contributed by atoms with E-state index in [2.05, 4.69) is 0 Å². The van der Waals surface area contributed by atoms with Crippen LogP contribution in [0, 0.1) is 5.41 Å². The Balaban J connectivity index is 2.54. The van der Waals surface area contributed by atoms with Gasteiger partial charge < -0.3 is 14.7 Å². The van der Waals surface area contributed by atoms with Gasteiger partial charge in [-0.2, -0.15) is 0 Å². The van der Waals surface area contributed by atoms with Crippen LogP contribution in [-0.4, -0.2) is 46.2 Å². The highest BCUT2D eigenvalue weighted by Gasteiger charge is 2.41.